The predicted octanol–water partition coefficient (Wildman–Crippen LogP) is 6.25. The average Bonchev–Trinajstić information content (AvgIpc) is 3.30. The lowest BCUT2D eigenvalue weighted by Crippen LogP contribution is -2.09. The van der Waals surface area contributed by atoms with E-state index in [2.05, 4.69) is 20.9 Å². The molecule has 2 aromatic carbocycles. The van der Waals surface area contributed by atoms with Crippen molar-refractivity contribution in [3.63, 3.8) is 0 Å². The molecule has 2 aromatic heterocycles. The lowest BCUT2D eigenvalue weighted by Gasteiger charge is -2.12. The quantitative estimate of drug-likeness (QED) is 0.362. The highest BCUT2D eigenvalue weighted by Gasteiger charge is 2.28. The molecule has 0 spiro atoms. The Kier molecular flexibility index (Phi) is 4.24. The molecule has 0 fully saturated rings. The van der Waals surface area contributed by atoms with Crippen LogP contribution in [0.4, 0.5) is 4.39 Å². The van der Waals surface area contributed by atoms with Crippen molar-refractivity contribution in [2.24, 2.45) is 4.99 Å². The molecule has 0 unspecified atom stereocenters. The summed E-state index contributed by atoms with van der Waals surface area (Å²) in [6.07, 6.45) is 3.45. The van der Waals surface area contributed by atoms with Crippen molar-refractivity contribution in [3.05, 3.63) is 93.8 Å². The summed E-state index contributed by atoms with van der Waals surface area (Å²) in [5, 5.41) is 0. The van der Waals surface area contributed by atoms with E-state index in [9.17, 15) is 4.39 Å². The highest BCUT2D eigenvalue weighted by Crippen LogP contribution is 2.38. The smallest absolute Gasteiger partial charge is 0.157 e. The van der Waals surface area contributed by atoms with Gasteiger partial charge >= 0.3 is 0 Å². The fraction of sp³-hybridized carbons (Fsp3) is 0.130. The topological polar surface area (TPSA) is 43.3 Å². The Morgan fingerprint density at radius 3 is 2.69 bits per heavy atom. The molecule has 0 radical (unpaired) electrons. The van der Waals surface area contributed by atoms with Crippen LogP contribution in [0.1, 0.15) is 35.3 Å². The van der Waals surface area contributed by atoms with Crippen LogP contribution in [-0.4, -0.2) is 15.3 Å². The van der Waals surface area contributed by atoms with Crippen LogP contribution in [0.3, 0.4) is 0 Å². The van der Waals surface area contributed by atoms with Gasteiger partial charge in [0.15, 0.2) is 5.76 Å². The van der Waals surface area contributed by atoms with E-state index in [1.807, 2.05) is 48.7 Å². The van der Waals surface area contributed by atoms with E-state index >= 15 is 0 Å². The first-order valence-electron chi connectivity index (χ1n) is 9.29. The van der Waals surface area contributed by atoms with Crippen molar-refractivity contribution < 1.29 is 8.81 Å². The number of aliphatic imine (C=N–C) groups is 1. The molecule has 0 amide bonds. The maximum atomic E-state index is 14.7. The van der Waals surface area contributed by atoms with Gasteiger partial charge in [0, 0.05) is 15.6 Å². The molecular weight excluding hydrogens is 433 g/mol. The van der Waals surface area contributed by atoms with Crippen LogP contribution in [-0.2, 0) is 0 Å². The van der Waals surface area contributed by atoms with Crippen molar-refractivity contribution in [1.82, 2.24) is 9.55 Å². The number of hydrogen-bond acceptors (Lipinski definition) is 3. The van der Waals surface area contributed by atoms with Gasteiger partial charge in [0.05, 0.1) is 29.4 Å². The first-order valence-corrected chi connectivity index (χ1v) is 10.1. The molecular formula is C23H17BrFN3O. The lowest BCUT2D eigenvalue weighted by atomic mass is 10.00. The van der Waals surface area contributed by atoms with Gasteiger partial charge in [-0.05, 0) is 55.8 Å². The molecule has 4 aromatic rings. The van der Waals surface area contributed by atoms with Crippen LogP contribution in [0.15, 0.2) is 75.0 Å². The van der Waals surface area contributed by atoms with Crippen LogP contribution in [0.5, 0.6) is 0 Å². The first kappa shape index (κ1) is 18.1. The molecule has 29 heavy (non-hydrogen) atoms. The second-order valence-electron chi connectivity index (χ2n) is 7.08. The number of nitrogens with zero attached hydrogens (tertiary/aromatic N) is 3. The minimum atomic E-state index is -0.295. The van der Waals surface area contributed by atoms with Crippen molar-refractivity contribution in [3.8, 4) is 17.1 Å². The number of aromatic nitrogens is 2. The largest absolute Gasteiger partial charge is 0.462 e. The summed E-state index contributed by atoms with van der Waals surface area (Å²) in [5.41, 5.74) is 5.53. The number of fused-ring (bicyclic) bond motifs is 3. The Balaban J connectivity index is 1.82. The number of imidazole rings is 1. The maximum absolute atomic E-state index is 14.7. The van der Waals surface area contributed by atoms with Crippen LogP contribution in [0, 0.1) is 12.7 Å². The summed E-state index contributed by atoms with van der Waals surface area (Å²) >= 11 is 3.55. The van der Waals surface area contributed by atoms with Gasteiger partial charge in [0.2, 0.25) is 0 Å². The van der Waals surface area contributed by atoms with E-state index < -0.39 is 0 Å². The molecule has 4 nitrogen and oxygen atoms in total. The Morgan fingerprint density at radius 1 is 1.10 bits per heavy atom. The molecule has 144 valence electrons. The predicted molar refractivity (Wildman–Crippen MR) is 114 cm³/mol. The van der Waals surface area contributed by atoms with E-state index in [4.69, 9.17) is 9.41 Å². The van der Waals surface area contributed by atoms with E-state index in [1.54, 1.807) is 24.7 Å². The molecule has 0 aliphatic carbocycles. The third-order valence-corrected chi connectivity index (χ3v) is 5.70. The van der Waals surface area contributed by atoms with Gasteiger partial charge in [-0.1, -0.05) is 28.1 Å². The molecule has 0 saturated carbocycles. The number of hydrogen-bond donors (Lipinski definition) is 0. The minimum absolute atomic E-state index is 0.252. The zero-order chi connectivity index (χ0) is 20.1. The number of halogens is 2. The fourth-order valence-corrected chi connectivity index (χ4v) is 4.20. The van der Waals surface area contributed by atoms with Crippen molar-refractivity contribution in [2.75, 3.05) is 0 Å². The third kappa shape index (κ3) is 2.86. The molecule has 3 heterocycles. The Hall–Kier alpha value is -2.99. The molecule has 1 atom stereocenters. The summed E-state index contributed by atoms with van der Waals surface area (Å²) in [5.74, 6) is 0.435. The molecule has 1 aliphatic heterocycles. The van der Waals surface area contributed by atoms with Crippen molar-refractivity contribution >= 4 is 21.6 Å². The Morgan fingerprint density at radius 2 is 1.93 bits per heavy atom. The van der Waals surface area contributed by atoms with Gasteiger partial charge in [-0.15, -0.1) is 0 Å². The third-order valence-electron chi connectivity index (χ3n) is 5.20. The van der Waals surface area contributed by atoms with E-state index in [-0.39, 0.29) is 11.9 Å². The monoisotopic (exact) mass is 449 g/mol. The van der Waals surface area contributed by atoms with Crippen LogP contribution >= 0.6 is 15.9 Å². The number of rotatable bonds is 2. The van der Waals surface area contributed by atoms with Gasteiger partial charge in [-0.3, -0.25) is 9.56 Å². The summed E-state index contributed by atoms with van der Waals surface area (Å²) in [4.78, 5) is 9.60. The number of benzene rings is 2. The fourth-order valence-electron chi connectivity index (χ4n) is 3.84. The summed E-state index contributed by atoms with van der Waals surface area (Å²) < 4.78 is 23.4. The second-order valence-corrected chi connectivity index (χ2v) is 7.99. The van der Waals surface area contributed by atoms with E-state index in [1.165, 1.54) is 6.07 Å². The van der Waals surface area contributed by atoms with Crippen LogP contribution in [0.2, 0.25) is 0 Å². The first-order chi connectivity index (χ1) is 14.0. The standard InChI is InChI=1S/C23H17BrFN3O/c1-13-9-10-29-23(13)21-22-14(2)27-20(16-5-3-4-6-18(16)25)17-11-15(24)7-8-19(17)28(22)12-26-21/h3-12,14H,1-2H3/t14-/m0/s1. The Bertz CT molecular complexity index is 1270. The Labute approximate surface area is 175 Å². The van der Waals surface area contributed by atoms with Gasteiger partial charge < -0.3 is 4.42 Å². The zero-order valence-corrected chi connectivity index (χ0v) is 17.4. The summed E-state index contributed by atoms with van der Waals surface area (Å²) in [6.45, 7) is 3.99. The number of aryl methyl sites for hydroxylation is 1. The van der Waals surface area contributed by atoms with Crippen molar-refractivity contribution in [1.29, 1.82) is 0 Å². The normalized spacial score (nSPS) is 15.4. The lowest BCUT2D eigenvalue weighted by molar-refractivity contribution is 0.576. The SMILES string of the molecule is Cc1ccoc1-c1ncn2c1[C@H](C)N=C(c1ccccc1F)c1cc(Br)ccc1-2. The minimum Gasteiger partial charge on any atom is -0.462 e. The van der Waals surface area contributed by atoms with Crippen LogP contribution in [0.25, 0.3) is 17.1 Å². The number of furan rings is 1. The van der Waals surface area contributed by atoms with Gasteiger partial charge in [0.25, 0.3) is 0 Å². The molecule has 0 saturated heterocycles. The van der Waals surface area contributed by atoms with Crippen molar-refractivity contribution in [2.45, 2.75) is 19.9 Å². The van der Waals surface area contributed by atoms with E-state index in [0.29, 0.717) is 11.3 Å². The molecule has 6 heteroatoms. The highest BCUT2D eigenvalue weighted by molar-refractivity contribution is 9.10. The van der Waals surface area contributed by atoms with Crippen LogP contribution < -0.4 is 0 Å². The molecule has 1 aliphatic rings. The molecule has 0 N–H and O–H groups in total. The molecule has 0 bridgehead atoms. The zero-order valence-electron chi connectivity index (χ0n) is 15.9. The summed E-state index contributed by atoms with van der Waals surface area (Å²) in [6, 6.07) is 14.3. The van der Waals surface area contributed by atoms with Gasteiger partial charge in [-0.2, -0.15) is 0 Å². The maximum Gasteiger partial charge on any atom is 0.157 e. The van der Waals surface area contributed by atoms with E-state index in [0.717, 1.165) is 38.4 Å². The average molecular weight is 450 g/mol. The van der Waals surface area contributed by atoms with Gasteiger partial charge in [0.1, 0.15) is 17.8 Å². The molecule has 5 rings (SSSR count). The second kappa shape index (κ2) is 6.81. The van der Waals surface area contributed by atoms with Gasteiger partial charge in [-0.25, -0.2) is 9.37 Å². The highest BCUT2D eigenvalue weighted by atomic mass is 79.9. The summed E-state index contributed by atoms with van der Waals surface area (Å²) in [7, 11) is 0.